The van der Waals surface area contributed by atoms with E-state index >= 15 is 0 Å². The molecule has 0 N–H and O–H groups in total. The van der Waals surface area contributed by atoms with Crippen LogP contribution in [0.15, 0.2) is 109 Å². The van der Waals surface area contributed by atoms with Gasteiger partial charge in [0.1, 0.15) is 23.1 Å². The summed E-state index contributed by atoms with van der Waals surface area (Å²) in [7, 11) is 0. The van der Waals surface area contributed by atoms with Gasteiger partial charge in [0.25, 0.3) is 0 Å². The fraction of sp³-hybridized carbons (Fsp3) is 0.261. The highest BCUT2D eigenvalue weighted by Crippen LogP contribution is 2.39. The van der Waals surface area contributed by atoms with Crippen LogP contribution in [-0.2, 0) is 0 Å². The maximum Gasteiger partial charge on any atom is 0.137 e. The molecule has 0 spiro atoms. The highest BCUT2D eigenvalue weighted by molar-refractivity contribution is 6.11. The van der Waals surface area contributed by atoms with Crippen LogP contribution in [0, 0.1) is 0 Å². The number of nitrogens with zero attached hydrogens (tertiary/aromatic N) is 4. The zero-order valence-corrected chi connectivity index (χ0v) is 30.9. The van der Waals surface area contributed by atoms with Crippen LogP contribution in [0.5, 0.6) is 11.5 Å². The molecule has 0 aliphatic carbocycles. The van der Waals surface area contributed by atoms with Crippen molar-refractivity contribution >= 4 is 43.6 Å². The van der Waals surface area contributed by atoms with Crippen molar-refractivity contribution in [1.29, 1.82) is 0 Å². The molecule has 0 aliphatic heterocycles. The van der Waals surface area contributed by atoms with Gasteiger partial charge in [0.15, 0.2) is 0 Å². The summed E-state index contributed by atoms with van der Waals surface area (Å²) in [5.41, 5.74) is 9.60. The van der Waals surface area contributed by atoms with E-state index in [1.165, 1.54) is 43.8 Å². The molecule has 5 heteroatoms. The average molecular weight is 671 g/mol. The van der Waals surface area contributed by atoms with E-state index in [0.717, 1.165) is 45.2 Å². The molecule has 8 rings (SSSR count). The Kier molecular flexibility index (Phi) is 8.17. The third kappa shape index (κ3) is 5.75. The van der Waals surface area contributed by atoms with Crippen molar-refractivity contribution in [3.05, 3.63) is 132 Å². The van der Waals surface area contributed by atoms with Gasteiger partial charge in [-0.15, -0.1) is 0 Å². The highest BCUT2D eigenvalue weighted by atomic mass is 16.5. The Morgan fingerprint density at radius 2 is 0.725 bits per heavy atom. The van der Waals surface area contributed by atoms with Gasteiger partial charge in [-0.25, -0.2) is 9.97 Å². The number of hydrogen-bond donors (Lipinski definition) is 0. The van der Waals surface area contributed by atoms with Gasteiger partial charge in [-0.2, -0.15) is 0 Å². The van der Waals surface area contributed by atoms with Crippen molar-refractivity contribution in [2.45, 2.75) is 79.1 Å². The smallest absolute Gasteiger partial charge is 0.137 e. The summed E-state index contributed by atoms with van der Waals surface area (Å²) >= 11 is 0. The fourth-order valence-corrected chi connectivity index (χ4v) is 7.34. The molecule has 0 fully saturated rings. The molecule has 51 heavy (non-hydrogen) atoms. The van der Waals surface area contributed by atoms with Gasteiger partial charge in [0.2, 0.25) is 0 Å². The van der Waals surface area contributed by atoms with E-state index in [2.05, 4.69) is 162 Å². The number of hydrogen-bond acceptors (Lipinski definition) is 3. The van der Waals surface area contributed by atoms with Gasteiger partial charge >= 0.3 is 0 Å². The summed E-state index contributed by atoms with van der Waals surface area (Å²) in [6.45, 7) is 17.9. The van der Waals surface area contributed by atoms with E-state index < -0.39 is 0 Å². The van der Waals surface area contributed by atoms with E-state index in [1.807, 2.05) is 12.4 Å². The molecule has 8 aromatic rings. The van der Waals surface area contributed by atoms with Crippen LogP contribution >= 0.6 is 0 Å². The molecule has 0 aliphatic rings. The maximum absolute atomic E-state index is 6.75. The second-order valence-corrected chi connectivity index (χ2v) is 15.2. The zero-order valence-electron chi connectivity index (χ0n) is 30.9. The zero-order chi connectivity index (χ0) is 35.6. The predicted octanol–water partition coefficient (Wildman–Crippen LogP) is 13.0. The number of pyridine rings is 2. The number of fused-ring (bicyclic) bond motifs is 6. The van der Waals surface area contributed by atoms with Gasteiger partial charge in [0, 0.05) is 46.1 Å². The molecule has 0 saturated carbocycles. The quantitative estimate of drug-likeness (QED) is 0.162. The second kappa shape index (κ2) is 12.7. The van der Waals surface area contributed by atoms with E-state index in [9.17, 15) is 0 Å². The SMILES string of the molecule is CC(C)c1ccnc(-n2c3cc(Oc4ccc5c6ccc(C(C)C)cc6n(-c6cc(C(C)C)ccn6)c5c4)ccc3c3ccc(C(C)C)cc32)c1. The fourth-order valence-electron chi connectivity index (χ4n) is 7.34. The molecule has 256 valence electrons. The van der Waals surface area contributed by atoms with E-state index in [1.54, 1.807) is 0 Å². The molecule has 5 nitrogen and oxygen atoms in total. The maximum atomic E-state index is 6.75. The van der Waals surface area contributed by atoms with Crippen molar-refractivity contribution in [3.8, 4) is 23.1 Å². The van der Waals surface area contributed by atoms with E-state index in [4.69, 9.17) is 14.7 Å². The van der Waals surface area contributed by atoms with Crippen molar-refractivity contribution < 1.29 is 4.74 Å². The van der Waals surface area contributed by atoms with Gasteiger partial charge in [0.05, 0.1) is 22.1 Å². The Bertz CT molecular complexity index is 2400. The van der Waals surface area contributed by atoms with Crippen LogP contribution in [0.25, 0.3) is 55.2 Å². The lowest BCUT2D eigenvalue weighted by atomic mass is 10.0. The number of rotatable bonds is 8. The van der Waals surface area contributed by atoms with Crippen LogP contribution < -0.4 is 4.74 Å². The molecule has 0 bridgehead atoms. The molecular weight excluding hydrogens is 625 g/mol. The summed E-state index contributed by atoms with van der Waals surface area (Å²) in [4.78, 5) is 9.79. The Morgan fingerprint density at radius 1 is 0.392 bits per heavy atom. The lowest BCUT2D eigenvalue weighted by molar-refractivity contribution is 0.484. The number of ether oxygens (including phenoxy) is 1. The Hall–Kier alpha value is -5.42. The molecule has 0 radical (unpaired) electrons. The normalized spacial score (nSPS) is 12.2. The molecule has 0 amide bonds. The van der Waals surface area contributed by atoms with Gasteiger partial charge in [-0.05, 0) is 107 Å². The topological polar surface area (TPSA) is 44.9 Å². The molecule has 4 aromatic carbocycles. The van der Waals surface area contributed by atoms with Crippen LogP contribution in [0.3, 0.4) is 0 Å². The standard InChI is InChI=1S/C46H46N4O/c1-27(2)31-9-13-37-39-15-11-35(25-43(39)49(41(37)21-31)45-23-33(29(5)6)17-19-47-45)51-36-12-16-40-38-14-10-32(28(3)4)22-42(38)50(44(40)26-36)46-24-34(30(7)8)18-20-48-46/h9-30H,1-8H3. The molecule has 0 saturated heterocycles. The van der Waals surface area contributed by atoms with Crippen LogP contribution in [0.2, 0.25) is 0 Å². The molecule has 4 aromatic heterocycles. The summed E-state index contributed by atoms with van der Waals surface area (Å²) in [5.74, 6) is 5.02. The minimum absolute atomic E-state index is 0.399. The van der Waals surface area contributed by atoms with Gasteiger partial charge in [-0.1, -0.05) is 79.7 Å². The van der Waals surface area contributed by atoms with Crippen molar-refractivity contribution in [3.63, 3.8) is 0 Å². The lowest BCUT2D eigenvalue weighted by Gasteiger charge is -2.13. The first-order valence-corrected chi connectivity index (χ1v) is 18.3. The molecule has 0 unspecified atom stereocenters. The number of benzene rings is 4. The van der Waals surface area contributed by atoms with Crippen LogP contribution in [0.4, 0.5) is 0 Å². The predicted molar refractivity (Wildman–Crippen MR) is 214 cm³/mol. The molecule has 0 atom stereocenters. The minimum Gasteiger partial charge on any atom is -0.457 e. The summed E-state index contributed by atoms with van der Waals surface area (Å²) in [5, 5.41) is 4.77. The Labute approximate surface area is 300 Å². The first-order valence-electron chi connectivity index (χ1n) is 18.3. The summed E-state index contributed by atoms with van der Waals surface area (Å²) in [6, 6.07) is 35.2. The van der Waals surface area contributed by atoms with Crippen molar-refractivity contribution in [1.82, 2.24) is 19.1 Å². The average Bonchev–Trinajstić information content (AvgIpc) is 3.62. The van der Waals surface area contributed by atoms with Gasteiger partial charge < -0.3 is 4.74 Å². The van der Waals surface area contributed by atoms with E-state index in [0.29, 0.717) is 23.7 Å². The number of aromatic nitrogens is 4. The Balaban J connectivity index is 1.30. The van der Waals surface area contributed by atoms with Crippen molar-refractivity contribution in [2.75, 3.05) is 0 Å². The largest absolute Gasteiger partial charge is 0.457 e. The lowest BCUT2D eigenvalue weighted by Crippen LogP contribution is -2.00. The van der Waals surface area contributed by atoms with Crippen LogP contribution in [-0.4, -0.2) is 19.1 Å². The second-order valence-electron chi connectivity index (χ2n) is 15.2. The minimum atomic E-state index is 0.399. The first-order chi connectivity index (χ1) is 24.6. The van der Waals surface area contributed by atoms with Crippen LogP contribution in [0.1, 0.15) is 101 Å². The highest BCUT2D eigenvalue weighted by Gasteiger charge is 2.19. The summed E-state index contributed by atoms with van der Waals surface area (Å²) in [6.07, 6.45) is 3.86. The summed E-state index contributed by atoms with van der Waals surface area (Å²) < 4.78 is 11.4. The van der Waals surface area contributed by atoms with Gasteiger partial charge in [-0.3, -0.25) is 9.13 Å². The third-order valence-electron chi connectivity index (χ3n) is 10.4. The molecule has 4 heterocycles. The molecular formula is C46H46N4O. The van der Waals surface area contributed by atoms with Crippen molar-refractivity contribution in [2.24, 2.45) is 0 Å². The monoisotopic (exact) mass is 670 g/mol. The first kappa shape index (κ1) is 32.8. The van der Waals surface area contributed by atoms with E-state index in [-0.39, 0.29) is 0 Å². The Morgan fingerprint density at radius 3 is 1.10 bits per heavy atom. The third-order valence-corrected chi connectivity index (χ3v) is 10.4.